The molecule has 106 valence electrons. The van der Waals surface area contributed by atoms with Crippen LogP contribution < -0.4 is 5.32 Å². The second kappa shape index (κ2) is 5.87. The molecular formula is C16H14N2OS2. The third-order valence-corrected chi connectivity index (χ3v) is 4.96. The molecule has 1 saturated heterocycles. The summed E-state index contributed by atoms with van der Waals surface area (Å²) < 4.78 is 0. The molecule has 2 heterocycles. The van der Waals surface area contributed by atoms with Crippen molar-refractivity contribution >= 4 is 45.9 Å². The van der Waals surface area contributed by atoms with E-state index in [1.54, 1.807) is 11.3 Å². The number of amidine groups is 1. The molecule has 1 aromatic heterocycles. The molecule has 1 fully saturated rings. The van der Waals surface area contributed by atoms with Crippen LogP contribution in [0.25, 0.3) is 6.08 Å². The Morgan fingerprint density at radius 3 is 2.57 bits per heavy atom. The predicted octanol–water partition coefficient (Wildman–Crippen LogP) is 4.26. The van der Waals surface area contributed by atoms with Crippen LogP contribution >= 0.6 is 23.1 Å². The summed E-state index contributed by atoms with van der Waals surface area (Å²) in [5, 5.41) is 5.47. The van der Waals surface area contributed by atoms with Crippen LogP contribution in [0.1, 0.15) is 16.0 Å². The zero-order chi connectivity index (χ0) is 14.8. The molecule has 1 N–H and O–H groups in total. The predicted molar refractivity (Wildman–Crippen MR) is 91.0 cm³/mol. The number of carbonyl (C=O) groups is 1. The summed E-state index contributed by atoms with van der Waals surface area (Å²) >= 11 is 3.02. The summed E-state index contributed by atoms with van der Waals surface area (Å²) in [5.41, 5.74) is 3.22. The van der Waals surface area contributed by atoms with Crippen molar-refractivity contribution in [1.82, 2.24) is 5.32 Å². The molecule has 5 heteroatoms. The van der Waals surface area contributed by atoms with Gasteiger partial charge in [-0.1, -0.05) is 17.7 Å². The Morgan fingerprint density at radius 2 is 1.90 bits per heavy atom. The first-order chi connectivity index (χ1) is 10.1. The number of rotatable bonds is 2. The van der Waals surface area contributed by atoms with E-state index < -0.39 is 0 Å². The van der Waals surface area contributed by atoms with Crippen LogP contribution in [0, 0.1) is 13.8 Å². The number of thioether (sulfide) groups is 1. The van der Waals surface area contributed by atoms with Crippen LogP contribution in [-0.4, -0.2) is 11.1 Å². The molecule has 3 nitrogen and oxygen atoms in total. The lowest BCUT2D eigenvalue weighted by Gasteiger charge is -1.96. The van der Waals surface area contributed by atoms with E-state index in [1.807, 2.05) is 49.6 Å². The van der Waals surface area contributed by atoms with Crippen molar-refractivity contribution in [2.45, 2.75) is 13.8 Å². The molecule has 0 spiro atoms. The van der Waals surface area contributed by atoms with Crippen molar-refractivity contribution in [3.8, 4) is 0 Å². The third kappa shape index (κ3) is 3.25. The number of nitrogens with one attached hydrogen (secondary N) is 1. The fourth-order valence-corrected chi connectivity index (χ4v) is 3.63. The smallest absolute Gasteiger partial charge is 0.264 e. The Bertz CT molecular complexity index is 742. The SMILES string of the molecule is Cc1ccc(N=C2NC(=O)/C(=C/c3sccc3C)S2)cc1. The van der Waals surface area contributed by atoms with Gasteiger partial charge in [-0.05, 0) is 60.8 Å². The van der Waals surface area contributed by atoms with Gasteiger partial charge in [0.1, 0.15) is 0 Å². The summed E-state index contributed by atoms with van der Waals surface area (Å²) in [5.74, 6) is -0.0846. The lowest BCUT2D eigenvalue weighted by molar-refractivity contribution is -0.115. The number of hydrogen-bond donors (Lipinski definition) is 1. The van der Waals surface area contributed by atoms with Crippen LogP contribution in [0.2, 0.25) is 0 Å². The van der Waals surface area contributed by atoms with E-state index in [2.05, 4.69) is 16.4 Å². The Balaban J connectivity index is 1.83. The maximum Gasteiger partial charge on any atom is 0.264 e. The van der Waals surface area contributed by atoms with Gasteiger partial charge >= 0.3 is 0 Å². The largest absolute Gasteiger partial charge is 0.300 e. The maximum absolute atomic E-state index is 12.0. The molecule has 1 aliphatic rings. The fourth-order valence-electron chi connectivity index (χ4n) is 1.87. The summed E-state index contributed by atoms with van der Waals surface area (Å²) in [7, 11) is 0. The first kappa shape index (κ1) is 14.1. The molecule has 0 unspecified atom stereocenters. The number of benzene rings is 1. The topological polar surface area (TPSA) is 41.5 Å². The van der Waals surface area contributed by atoms with E-state index in [0.717, 1.165) is 10.6 Å². The fraction of sp³-hybridized carbons (Fsp3) is 0.125. The summed E-state index contributed by atoms with van der Waals surface area (Å²) in [6.07, 6.45) is 1.93. The van der Waals surface area contributed by atoms with Gasteiger partial charge in [0.25, 0.3) is 5.91 Å². The molecule has 3 rings (SSSR count). The van der Waals surface area contributed by atoms with Crippen molar-refractivity contribution in [2.75, 3.05) is 0 Å². The lowest BCUT2D eigenvalue weighted by Crippen LogP contribution is -2.19. The lowest BCUT2D eigenvalue weighted by atomic mass is 10.2. The highest BCUT2D eigenvalue weighted by molar-refractivity contribution is 8.18. The van der Waals surface area contributed by atoms with Crippen LogP contribution in [0.15, 0.2) is 45.6 Å². The van der Waals surface area contributed by atoms with Gasteiger partial charge in [0, 0.05) is 4.88 Å². The van der Waals surface area contributed by atoms with E-state index >= 15 is 0 Å². The van der Waals surface area contributed by atoms with Crippen molar-refractivity contribution in [3.63, 3.8) is 0 Å². The molecule has 1 aliphatic heterocycles. The molecule has 0 aliphatic carbocycles. The number of hydrogen-bond acceptors (Lipinski definition) is 4. The maximum atomic E-state index is 12.0. The minimum Gasteiger partial charge on any atom is -0.300 e. The zero-order valence-electron chi connectivity index (χ0n) is 11.7. The Kier molecular flexibility index (Phi) is 3.94. The van der Waals surface area contributed by atoms with E-state index in [9.17, 15) is 4.79 Å². The third-order valence-electron chi connectivity index (χ3n) is 3.08. The van der Waals surface area contributed by atoms with Crippen LogP contribution in [-0.2, 0) is 4.79 Å². The highest BCUT2D eigenvalue weighted by Gasteiger charge is 2.24. The molecule has 0 saturated carbocycles. The average Bonchev–Trinajstić information content (AvgIpc) is 3.00. The normalized spacial score (nSPS) is 18.5. The zero-order valence-corrected chi connectivity index (χ0v) is 13.3. The van der Waals surface area contributed by atoms with Crippen LogP contribution in [0.5, 0.6) is 0 Å². The summed E-state index contributed by atoms with van der Waals surface area (Å²) in [6.45, 7) is 4.08. The molecule has 0 atom stereocenters. The van der Waals surface area contributed by atoms with Gasteiger partial charge in [-0.2, -0.15) is 0 Å². The van der Waals surface area contributed by atoms with Crippen molar-refractivity contribution < 1.29 is 4.79 Å². The monoisotopic (exact) mass is 314 g/mol. The standard InChI is InChI=1S/C16H14N2OS2/c1-10-3-5-12(6-4-10)17-16-18-15(19)14(21-16)9-13-11(2)7-8-20-13/h3-9H,1-2H3,(H,17,18,19)/b14-9-. The van der Waals surface area contributed by atoms with Gasteiger partial charge < -0.3 is 5.32 Å². The molecule has 2 aromatic rings. The Labute approximate surface area is 131 Å². The van der Waals surface area contributed by atoms with E-state index in [4.69, 9.17) is 0 Å². The molecular weight excluding hydrogens is 300 g/mol. The van der Waals surface area contributed by atoms with Gasteiger partial charge in [0.2, 0.25) is 0 Å². The molecule has 21 heavy (non-hydrogen) atoms. The van der Waals surface area contributed by atoms with Crippen molar-refractivity contribution in [3.05, 3.63) is 56.6 Å². The van der Waals surface area contributed by atoms with Gasteiger partial charge in [-0.15, -0.1) is 11.3 Å². The number of aryl methyl sites for hydroxylation is 2. The number of carbonyl (C=O) groups excluding carboxylic acids is 1. The van der Waals surface area contributed by atoms with Crippen LogP contribution in [0.4, 0.5) is 5.69 Å². The van der Waals surface area contributed by atoms with E-state index in [0.29, 0.717) is 10.1 Å². The van der Waals surface area contributed by atoms with Gasteiger partial charge in [-0.3, -0.25) is 4.79 Å². The van der Waals surface area contributed by atoms with Crippen LogP contribution in [0.3, 0.4) is 0 Å². The van der Waals surface area contributed by atoms with E-state index in [1.165, 1.54) is 22.9 Å². The summed E-state index contributed by atoms with van der Waals surface area (Å²) in [6, 6.07) is 9.95. The second-order valence-corrected chi connectivity index (χ2v) is 6.76. The molecule has 1 aromatic carbocycles. The Morgan fingerprint density at radius 1 is 1.14 bits per heavy atom. The first-order valence-corrected chi connectivity index (χ1v) is 8.22. The molecule has 0 bridgehead atoms. The minimum absolute atomic E-state index is 0.0846. The second-order valence-electron chi connectivity index (χ2n) is 4.79. The minimum atomic E-state index is -0.0846. The highest BCUT2D eigenvalue weighted by atomic mass is 32.2. The average molecular weight is 314 g/mol. The van der Waals surface area contributed by atoms with Gasteiger partial charge in [-0.25, -0.2) is 4.99 Å². The van der Waals surface area contributed by atoms with Gasteiger partial charge in [0.15, 0.2) is 5.17 Å². The molecule has 0 radical (unpaired) electrons. The number of amides is 1. The first-order valence-electron chi connectivity index (χ1n) is 6.52. The van der Waals surface area contributed by atoms with Crippen molar-refractivity contribution in [2.24, 2.45) is 4.99 Å². The summed E-state index contributed by atoms with van der Waals surface area (Å²) in [4.78, 5) is 18.3. The number of aliphatic imine (C=N–C) groups is 1. The Hall–Kier alpha value is -1.85. The number of nitrogens with zero attached hydrogens (tertiary/aromatic N) is 1. The molecule has 1 amide bonds. The number of thiophene rings is 1. The quantitative estimate of drug-likeness (QED) is 0.842. The van der Waals surface area contributed by atoms with E-state index in [-0.39, 0.29) is 5.91 Å². The van der Waals surface area contributed by atoms with Gasteiger partial charge in [0.05, 0.1) is 10.6 Å². The highest BCUT2D eigenvalue weighted by Crippen LogP contribution is 2.30. The van der Waals surface area contributed by atoms with Crippen molar-refractivity contribution in [1.29, 1.82) is 0 Å².